The summed E-state index contributed by atoms with van der Waals surface area (Å²) in [5.74, 6) is -0.0747. The van der Waals surface area contributed by atoms with E-state index in [0.29, 0.717) is 35.2 Å². The number of phenolic OH excluding ortho intramolecular Hbond substituents is 1. The van der Waals surface area contributed by atoms with Crippen LogP contribution in [0.15, 0.2) is 65.0 Å². The van der Waals surface area contributed by atoms with Crippen LogP contribution in [0.25, 0.3) is 0 Å². The molecule has 0 spiro atoms. The van der Waals surface area contributed by atoms with Gasteiger partial charge in [0.15, 0.2) is 17.3 Å². The van der Waals surface area contributed by atoms with E-state index in [1.807, 2.05) is 31.2 Å². The molecular weight excluding hydrogens is 434 g/mol. The van der Waals surface area contributed by atoms with Gasteiger partial charge in [-0.1, -0.05) is 18.2 Å². The Labute approximate surface area is 199 Å². The second-order valence-corrected chi connectivity index (χ2v) is 8.44. The molecule has 7 heteroatoms. The number of benzene rings is 2. The van der Waals surface area contributed by atoms with Crippen LogP contribution in [0.2, 0.25) is 0 Å². The SMILES string of the molecule is CCOC(=O)C1=C(C)NC2=C(C(=O)CC(c3ccc(OC)cc3)C2)C1c1ccc(O)c(OC)c1. The first-order valence-corrected chi connectivity index (χ1v) is 11.3. The van der Waals surface area contributed by atoms with Gasteiger partial charge >= 0.3 is 5.97 Å². The maximum absolute atomic E-state index is 13.6. The molecule has 4 rings (SSSR count). The molecule has 0 saturated heterocycles. The van der Waals surface area contributed by atoms with Crippen molar-refractivity contribution in [1.29, 1.82) is 0 Å². The zero-order valence-electron chi connectivity index (χ0n) is 19.8. The van der Waals surface area contributed by atoms with Crippen molar-refractivity contribution >= 4 is 11.8 Å². The van der Waals surface area contributed by atoms with Crippen LogP contribution in [0.3, 0.4) is 0 Å². The molecule has 0 amide bonds. The number of dihydropyridines is 1. The molecule has 0 saturated carbocycles. The van der Waals surface area contributed by atoms with Gasteiger partial charge in [-0.3, -0.25) is 4.79 Å². The molecule has 0 aromatic heterocycles. The monoisotopic (exact) mass is 463 g/mol. The number of rotatable bonds is 6. The summed E-state index contributed by atoms with van der Waals surface area (Å²) in [5.41, 5.74) is 4.15. The van der Waals surface area contributed by atoms with Crippen molar-refractivity contribution < 1.29 is 28.9 Å². The fourth-order valence-corrected chi connectivity index (χ4v) is 4.84. The largest absolute Gasteiger partial charge is 0.504 e. The predicted molar refractivity (Wildman–Crippen MR) is 127 cm³/mol. The van der Waals surface area contributed by atoms with Gasteiger partial charge in [0.1, 0.15) is 5.75 Å². The molecule has 2 aliphatic rings. The number of esters is 1. The molecule has 1 aliphatic carbocycles. The van der Waals surface area contributed by atoms with Gasteiger partial charge in [0.2, 0.25) is 0 Å². The molecule has 2 aromatic rings. The third-order valence-electron chi connectivity index (χ3n) is 6.45. The molecule has 1 aliphatic heterocycles. The van der Waals surface area contributed by atoms with Crippen molar-refractivity contribution in [3.8, 4) is 17.2 Å². The minimum absolute atomic E-state index is 0.0107. The highest BCUT2D eigenvalue weighted by atomic mass is 16.5. The van der Waals surface area contributed by atoms with Crippen LogP contribution >= 0.6 is 0 Å². The van der Waals surface area contributed by atoms with Gasteiger partial charge in [-0.15, -0.1) is 0 Å². The van der Waals surface area contributed by atoms with E-state index in [1.165, 1.54) is 13.2 Å². The Kier molecular flexibility index (Phi) is 6.63. The first-order chi connectivity index (χ1) is 16.4. The Morgan fingerprint density at radius 3 is 2.41 bits per heavy atom. The number of aromatic hydroxyl groups is 1. The number of carbonyl (C=O) groups excluding carboxylic acids is 2. The maximum atomic E-state index is 13.6. The molecule has 178 valence electrons. The second kappa shape index (κ2) is 9.63. The van der Waals surface area contributed by atoms with Gasteiger partial charge in [-0.05, 0) is 61.6 Å². The zero-order valence-corrected chi connectivity index (χ0v) is 19.8. The summed E-state index contributed by atoms with van der Waals surface area (Å²) in [5, 5.41) is 13.4. The highest BCUT2D eigenvalue weighted by molar-refractivity contribution is 6.04. The third kappa shape index (κ3) is 4.25. The minimum atomic E-state index is -0.617. The summed E-state index contributed by atoms with van der Waals surface area (Å²) in [6, 6.07) is 12.7. The summed E-state index contributed by atoms with van der Waals surface area (Å²) in [4.78, 5) is 26.6. The van der Waals surface area contributed by atoms with E-state index in [0.717, 1.165) is 17.0 Å². The number of Topliss-reactive ketones (excluding diaryl/α,β-unsaturated/α-hetero) is 1. The van der Waals surface area contributed by atoms with Gasteiger partial charge in [0.05, 0.1) is 26.4 Å². The average Bonchev–Trinajstić information content (AvgIpc) is 2.83. The molecule has 2 N–H and O–H groups in total. The van der Waals surface area contributed by atoms with Crippen molar-refractivity contribution in [2.24, 2.45) is 0 Å². The summed E-state index contributed by atoms with van der Waals surface area (Å²) >= 11 is 0. The molecule has 2 aromatic carbocycles. The topological polar surface area (TPSA) is 94.1 Å². The summed E-state index contributed by atoms with van der Waals surface area (Å²) in [6.45, 7) is 3.79. The van der Waals surface area contributed by atoms with Crippen LogP contribution in [0.1, 0.15) is 49.7 Å². The van der Waals surface area contributed by atoms with Crippen molar-refractivity contribution in [2.75, 3.05) is 20.8 Å². The molecule has 0 bridgehead atoms. The van der Waals surface area contributed by atoms with Crippen molar-refractivity contribution in [2.45, 2.75) is 38.5 Å². The van der Waals surface area contributed by atoms with Crippen molar-refractivity contribution in [1.82, 2.24) is 5.32 Å². The van der Waals surface area contributed by atoms with Gasteiger partial charge in [0.25, 0.3) is 0 Å². The normalized spacial score (nSPS) is 19.9. The molecule has 34 heavy (non-hydrogen) atoms. The Balaban J connectivity index is 1.79. The van der Waals surface area contributed by atoms with Crippen LogP contribution in [0, 0.1) is 0 Å². The van der Waals surface area contributed by atoms with Crippen molar-refractivity contribution in [3.05, 3.63) is 76.1 Å². The number of hydrogen-bond donors (Lipinski definition) is 2. The van der Waals surface area contributed by atoms with Crippen LogP contribution in [-0.4, -0.2) is 37.7 Å². The number of methoxy groups -OCH3 is 2. The van der Waals surface area contributed by atoms with E-state index in [4.69, 9.17) is 14.2 Å². The highest BCUT2D eigenvalue weighted by Crippen LogP contribution is 2.47. The number of hydrogen-bond acceptors (Lipinski definition) is 7. The lowest BCUT2D eigenvalue weighted by atomic mass is 9.71. The lowest BCUT2D eigenvalue weighted by Crippen LogP contribution is -2.36. The number of phenols is 1. The fraction of sp³-hybridized carbons (Fsp3) is 0.333. The lowest BCUT2D eigenvalue weighted by Gasteiger charge is -2.36. The van der Waals surface area contributed by atoms with Gasteiger partial charge in [-0.25, -0.2) is 4.79 Å². The Morgan fingerprint density at radius 2 is 1.76 bits per heavy atom. The molecule has 2 unspecified atom stereocenters. The van der Waals surface area contributed by atoms with Gasteiger partial charge in [-0.2, -0.15) is 0 Å². The van der Waals surface area contributed by atoms with E-state index < -0.39 is 11.9 Å². The first kappa shape index (κ1) is 23.4. The number of carbonyl (C=O) groups is 2. The molecule has 0 fully saturated rings. The molecule has 7 nitrogen and oxygen atoms in total. The number of allylic oxidation sites excluding steroid dienone is 3. The molecule has 0 radical (unpaired) electrons. The Morgan fingerprint density at radius 1 is 1.06 bits per heavy atom. The van der Waals surface area contributed by atoms with E-state index in [2.05, 4.69) is 5.32 Å². The number of nitrogens with one attached hydrogen (secondary N) is 1. The predicted octanol–water partition coefficient (Wildman–Crippen LogP) is 4.33. The summed E-state index contributed by atoms with van der Waals surface area (Å²) in [7, 11) is 3.08. The van der Waals surface area contributed by atoms with E-state index in [1.54, 1.807) is 26.2 Å². The van der Waals surface area contributed by atoms with Crippen LogP contribution in [0.4, 0.5) is 0 Å². The smallest absolute Gasteiger partial charge is 0.336 e. The van der Waals surface area contributed by atoms with Gasteiger partial charge in [0, 0.05) is 29.3 Å². The minimum Gasteiger partial charge on any atom is -0.504 e. The summed E-state index contributed by atoms with van der Waals surface area (Å²) in [6.07, 6.45) is 0.959. The Hall–Kier alpha value is -3.74. The third-order valence-corrected chi connectivity index (χ3v) is 6.45. The Bertz CT molecular complexity index is 1180. The summed E-state index contributed by atoms with van der Waals surface area (Å²) < 4.78 is 15.9. The van der Waals surface area contributed by atoms with E-state index >= 15 is 0 Å². The number of ether oxygens (including phenoxy) is 3. The molecular formula is C27H29NO6. The zero-order chi connectivity index (χ0) is 24.4. The van der Waals surface area contributed by atoms with Crippen molar-refractivity contribution in [3.63, 3.8) is 0 Å². The second-order valence-electron chi connectivity index (χ2n) is 8.44. The number of ketones is 1. The fourth-order valence-electron chi connectivity index (χ4n) is 4.84. The van der Waals surface area contributed by atoms with Gasteiger partial charge < -0.3 is 24.6 Å². The van der Waals surface area contributed by atoms with E-state index in [-0.39, 0.29) is 29.8 Å². The van der Waals surface area contributed by atoms with Crippen LogP contribution < -0.4 is 14.8 Å². The average molecular weight is 464 g/mol. The first-order valence-electron chi connectivity index (χ1n) is 11.3. The standard InChI is InChI=1S/C27H29NO6/c1-5-34-27(31)24-15(2)28-20-12-18(16-6-9-19(32-3)10-7-16)13-22(30)26(20)25(24)17-8-11-21(29)23(14-17)33-4/h6-11,14,18,25,28-29H,5,12-13H2,1-4H3. The lowest BCUT2D eigenvalue weighted by molar-refractivity contribution is -0.138. The molecule has 1 heterocycles. The van der Waals surface area contributed by atoms with E-state index in [9.17, 15) is 14.7 Å². The quantitative estimate of drug-likeness (QED) is 0.616. The van der Waals surface area contributed by atoms with Crippen LogP contribution in [0.5, 0.6) is 17.2 Å². The highest BCUT2D eigenvalue weighted by Gasteiger charge is 2.41. The van der Waals surface area contributed by atoms with Crippen LogP contribution in [-0.2, 0) is 14.3 Å². The maximum Gasteiger partial charge on any atom is 0.336 e. The molecule has 2 atom stereocenters.